The van der Waals surface area contributed by atoms with Crippen LogP contribution in [0.15, 0.2) is 54.1 Å². The third kappa shape index (κ3) is 5.37. The first-order chi connectivity index (χ1) is 16.8. The topological polar surface area (TPSA) is 76.1 Å². The second-order valence-corrected chi connectivity index (χ2v) is 10.1. The summed E-state index contributed by atoms with van der Waals surface area (Å²) in [4.78, 5) is 28.3. The van der Waals surface area contributed by atoms with Crippen molar-refractivity contribution in [2.24, 2.45) is 5.92 Å². The van der Waals surface area contributed by atoms with Crippen LogP contribution in [0.2, 0.25) is 0 Å². The summed E-state index contributed by atoms with van der Waals surface area (Å²) in [6.45, 7) is 8.59. The molecule has 2 aliphatic rings. The summed E-state index contributed by atoms with van der Waals surface area (Å²) in [6.07, 6.45) is 3.80. The first-order valence-corrected chi connectivity index (χ1v) is 12.6. The third-order valence-corrected chi connectivity index (χ3v) is 6.46. The maximum atomic E-state index is 13.3. The van der Waals surface area contributed by atoms with Crippen molar-refractivity contribution in [3.63, 3.8) is 0 Å². The molecule has 1 heterocycles. The Kier molecular flexibility index (Phi) is 7.48. The summed E-state index contributed by atoms with van der Waals surface area (Å²) >= 11 is 0. The molecule has 1 aliphatic heterocycles. The molecule has 2 fully saturated rings. The highest BCUT2D eigenvalue weighted by molar-refractivity contribution is 6.46. The fraction of sp³-hybridized carbons (Fsp3) is 0.448. The van der Waals surface area contributed by atoms with E-state index in [4.69, 9.17) is 9.47 Å². The lowest BCUT2D eigenvalue weighted by molar-refractivity contribution is -0.141. The molecule has 2 aromatic rings. The number of ether oxygens (including phenoxy) is 2. The van der Waals surface area contributed by atoms with Crippen LogP contribution in [-0.4, -0.2) is 40.4 Å². The summed E-state index contributed by atoms with van der Waals surface area (Å²) in [6, 6.07) is 13.9. The number of carbonyl (C=O) groups excluding carboxylic acids is 2. The van der Waals surface area contributed by atoms with E-state index in [0.29, 0.717) is 23.8 Å². The van der Waals surface area contributed by atoms with Gasteiger partial charge in [0.2, 0.25) is 0 Å². The van der Waals surface area contributed by atoms with Crippen LogP contribution in [-0.2, 0) is 9.59 Å². The first-order valence-electron chi connectivity index (χ1n) is 12.6. The van der Waals surface area contributed by atoms with Crippen molar-refractivity contribution in [3.05, 3.63) is 65.2 Å². The molecule has 1 amide bonds. The van der Waals surface area contributed by atoms with E-state index >= 15 is 0 Å². The molecule has 1 saturated carbocycles. The zero-order chi connectivity index (χ0) is 25.1. The predicted octanol–water partition coefficient (Wildman–Crippen LogP) is 5.87. The molecular formula is C29H35NO5. The highest BCUT2D eigenvalue weighted by Crippen LogP contribution is 2.44. The zero-order valence-electron chi connectivity index (χ0n) is 21.0. The lowest BCUT2D eigenvalue weighted by Crippen LogP contribution is -2.37. The van der Waals surface area contributed by atoms with E-state index in [-0.39, 0.29) is 23.5 Å². The molecule has 6 heteroatoms. The van der Waals surface area contributed by atoms with Gasteiger partial charge in [-0.15, -0.1) is 0 Å². The van der Waals surface area contributed by atoms with E-state index in [2.05, 4.69) is 13.8 Å². The van der Waals surface area contributed by atoms with Gasteiger partial charge in [-0.2, -0.15) is 0 Å². The number of hydrogen-bond acceptors (Lipinski definition) is 5. The lowest BCUT2D eigenvalue weighted by atomic mass is 9.94. The van der Waals surface area contributed by atoms with Gasteiger partial charge in [0.15, 0.2) is 0 Å². The van der Waals surface area contributed by atoms with Crippen molar-refractivity contribution in [1.82, 2.24) is 4.90 Å². The molecule has 0 radical (unpaired) electrons. The molecular weight excluding hydrogens is 442 g/mol. The smallest absolute Gasteiger partial charge is 0.295 e. The van der Waals surface area contributed by atoms with Gasteiger partial charge in [0.25, 0.3) is 11.7 Å². The number of benzene rings is 2. The van der Waals surface area contributed by atoms with Gasteiger partial charge in [0.05, 0.1) is 24.3 Å². The Morgan fingerprint density at radius 3 is 2.31 bits per heavy atom. The Labute approximate surface area is 207 Å². The Morgan fingerprint density at radius 1 is 1.00 bits per heavy atom. The van der Waals surface area contributed by atoms with Gasteiger partial charge in [0, 0.05) is 11.6 Å². The lowest BCUT2D eigenvalue weighted by Gasteiger charge is -2.31. The van der Waals surface area contributed by atoms with Crippen LogP contribution in [0.3, 0.4) is 0 Å². The molecule has 1 aliphatic carbocycles. The molecule has 4 rings (SSSR count). The van der Waals surface area contributed by atoms with Gasteiger partial charge < -0.3 is 19.5 Å². The van der Waals surface area contributed by atoms with Crippen molar-refractivity contribution in [2.45, 2.75) is 71.6 Å². The number of rotatable bonds is 8. The van der Waals surface area contributed by atoms with Gasteiger partial charge in [-0.3, -0.25) is 9.59 Å². The second kappa shape index (κ2) is 10.5. The quantitative estimate of drug-likeness (QED) is 0.292. The van der Waals surface area contributed by atoms with E-state index in [1.54, 1.807) is 23.1 Å². The minimum absolute atomic E-state index is 0.0194. The van der Waals surface area contributed by atoms with E-state index < -0.39 is 17.7 Å². The average molecular weight is 478 g/mol. The van der Waals surface area contributed by atoms with Crippen molar-refractivity contribution >= 4 is 17.4 Å². The Balaban J connectivity index is 1.77. The van der Waals surface area contributed by atoms with Crippen molar-refractivity contribution in [2.75, 3.05) is 6.61 Å². The minimum Gasteiger partial charge on any atom is -0.507 e. The number of nitrogens with zero attached hydrogens (tertiary/aromatic N) is 1. The van der Waals surface area contributed by atoms with Crippen molar-refractivity contribution in [3.8, 4) is 11.5 Å². The molecule has 0 aromatic heterocycles. The van der Waals surface area contributed by atoms with Crippen LogP contribution < -0.4 is 9.47 Å². The summed E-state index contributed by atoms with van der Waals surface area (Å²) in [5.41, 5.74) is 1.36. The maximum absolute atomic E-state index is 13.3. The Hall–Kier alpha value is -3.28. The van der Waals surface area contributed by atoms with E-state index in [1.165, 1.54) is 0 Å². The number of amides is 1. The molecule has 186 valence electrons. The summed E-state index contributed by atoms with van der Waals surface area (Å²) in [5.74, 6) is 0.322. The monoisotopic (exact) mass is 477 g/mol. The molecule has 1 atom stereocenters. The van der Waals surface area contributed by atoms with E-state index in [0.717, 1.165) is 37.0 Å². The SMILES string of the molecule is CC(C)COc1cccc(/C(O)=C2/C(=O)C(=O)N(C3CCCC3)C2c2ccc(OC(C)C)cc2)c1. The molecule has 6 nitrogen and oxygen atoms in total. The van der Waals surface area contributed by atoms with Gasteiger partial charge in [-0.1, -0.05) is 51.0 Å². The fourth-order valence-electron chi connectivity index (χ4n) is 4.89. The third-order valence-electron chi connectivity index (χ3n) is 6.46. The Morgan fingerprint density at radius 2 is 1.69 bits per heavy atom. The summed E-state index contributed by atoms with van der Waals surface area (Å²) < 4.78 is 11.6. The standard InChI is InChI=1S/C29H35NO5/c1-18(2)17-34-24-11-7-8-21(16-24)27(31)25-26(20-12-14-23(15-13-20)35-19(3)4)30(29(33)28(25)32)22-9-5-6-10-22/h7-8,11-16,18-19,22,26,31H,5-6,9-10,17H2,1-4H3/b27-25-. The minimum atomic E-state index is -0.647. The average Bonchev–Trinajstić information content (AvgIpc) is 3.44. The van der Waals surface area contributed by atoms with Crippen molar-refractivity contribution < 1.29 is 24.2 Å². The summed E-state index contributed by atoms with van der Waals surface area (Å²) in [5, 5.41) is 11.4. The molecule has 0 spiro atoms. The normalized spacial score (nSPS) is 20.3. The number of aliphatic hydroxyl groups is 1. The first kappa shape index (κ1) is 24.8. The molecule has 1 N–H and O–H groups in total. The maximum Gasteiger partial charge on any atom is 0.295 e. The highest BCUT2D eigenvalue weighted by Gasteiger charge is 2.49. The number of carbonyl (C=O) groups is 2. The van der Waals surface area contributed by atoms with Crippen molar-refractivity contribution in [1.29, 1.82) is 0 Å². The van der Waals surface area contributed by atoms with Crippen LogP contribution in [0, 0.1) is 5.92 Å². The predicted molar refractivity (Wildman–Crippen MR) is 135 cm³/mol. The van der Waals surface area contributed by atoms with Gasteiger partial charge >= 0.3 is 0 Å². The molecule has 35 heavy (non-hydrogen) atoms. The van der Waals surface area contributed by atoms with Crippen LogP contribution in [0.25, 0.3) is 5.76 Å². The van der Waals surface area contributed by atoms with E-state index in [1.807, 2.05) is 44.2 Å². The second-order valence-electron chi connectivity index (χ2n) is 10.1. The molecule has 1 unspecified atom stereocenters. The number of ketones is 1. The van der Waals surface area contributed by atoms with Gasteiger partial charge in [-0.05, 0) is 62.4 Å². The molecule has 1 saturated heterocycles. The van der Waals surface area contributed by atoms with E-state index in [9.17, 15) is 14.7 Å². The Bertz CT molecular complexity index is 1100. The van der Waals surface area contributed by atoms with Gasteiger partial charge in [-0.25, -0.2) is 0 Å². The van der Waals surface area contributed by atoms with Crippen LogP contribution in [0.1, 0.15) is 70.5 Å². The number of likely N-dealkylation sites (tertiary alicyclic amines) is 1. The number of hydrogen-bond donors (Lipinski definition) is 1. The summed E-state index contributed by atoms with van der Waals surface area (Å²) in [7, 11) is 0. The van der Waals surface area contributed by atoms with Gasteiger partial charge in [0.1, 0.15) is 17.3 Å². The van der Waals surface area contributed by atoms with Crippen LogP contribution in [0.5, 0.6) is 11.5 Å². The fourth-order valence-corrected chi connectivity index (χ4v) is 4.89. The largest absolute Gasteiger partial charge is 0.507 e. The molecule has 2 aromatic carbocycles. The highest BCUT2D eigenvalue weighted by atomic mass is 16.5. The number of aliphatic hydroxyl groups excluding tert-OH is 1. The van der Waals surface area contributed by atoms with Crippen LogP contribution in [0.4, 0.5) is 0 Å². The molecule has 0 bridgehead atoms. The zero-order valence-corrected chi connectivity index (χ0v) is 21.0. The van der Waals surface area contributed by atoms with Crippen LogP contribution >= 0.6 is 0 Å². The number of Topliss-reactive ketones (excluding diaryl/α,β-unsaturated/α-hetero) is 1.